The zero-order valence-electron chi connectivity index (χ0n) is 8.13. The zero-order chi connectivity index (χ0) is 11.4. The summed E-state index contributed by atoms with van der Waals surface area (Å²) in [6, 6.07) is 3.00. The second-order valence-electron chi connectivity index (χ2n) is 3.27. The Morgan fingerprint density at radius 2 is 2.13 bits per heavy atom. The van der Waals surface area contributed by atoms with Crippen molar-refractivity contribution < 1.29 is 18.7 Å². The van der Waals surface area contributed by atoms with Crippen LogP contribution in [0.2, 0.25) is 0 Å². The highest BCUT2D eigenvalue weighted by molar-refractivity contribution is 5.68. The van der Waals surface area contributed by atoms with Crippen LogP contribution in [0.5, 0.6) is 0 Å². The largest absolute Gasteiger partial charge is 0.481 e. The Hall–Kier alpha value is -1.65. The average Bonchev–Trinajstić information content (AvgIpc) is 2.10. The summed E-state index contributed by atoms with van der Waals surface area (Å²) in [5, 5.41) is 11.2. The van der Waals surface area contributed by atoms with Gasteiger partial charge in [0.25, 0.3) is 0 Å². The smallest absolute Gasteiger partial charge is 0.305 e. The summed E-state index contributed by atoms with van der Waals surface area (Å²) < 4.78 is 25.3. The highest BCUT2D eigenvalue weighted by Gasteiger charge is 2.08. The predicted octanol–water partition coefficient (Wildman–Crippen LogP) is 2.24. The van der Waals surface area contributed by atoms with Crippen LogP contribution in [0, 0.1) is 11.6 Å². The molecule has 1 aromatic carbocycles. The van der Waals surface area contributed by atoms with Crippen LogP contribution in [0.4, 0.5) is 14.5 Å². The molecule has 0 aliphatic heterocycles. The molecule has 0 amide bonds. The summed E-state index contributed by atoms with van der Waals surface area (Å²) in [5.41, 5.74) is 0.364. The molecule has 0 fully saturated rings. The Kier molecular flexibility index (Phi) is 3.60. The maximum absolute atomic E-state index is 12.8. The average molecular weight is 215 g/mol. The lowest BCUT2D eigenvalue weighted by Crippen LogP contribution is -2.19. The first-order valence-electron chi connectivity index (χ1n) is 4.42. The van der Waals surface area contributed by atoms with E-state index in [0.717, 1.165) is 12.1 Å². The van der Waals surface area contributed by atoms with E-state index in [0.29, 0.717) is 5.69 Å². The Labute approximate surface area is 85.7 Å². The standard InChI is InChI=1S/C10H11F2NO2/c1-6(4-10(14)15)13-7-2-3-8(11)9(12)5-7/h2-3,5-6,13H,4H2,1H3,(H,14,15). The van der Waals surface area contributed by atoms with Crippen molar-refractivity contribution in [1.82, 2.24) is 0 Å². The minimum absolute atomic E-state index is 0.0843. The lowest BCUT2D eigenvalue weighted by Gasteiger charge is -2.12. The molecule has 2 N–H and O–H groups in total. The number of anilines is 1. The molecule has 1 rings (SSSR count). The fourth-order valence-corrected chi connectivity index (χ4v) is 1.18. The van der Waals surface area contributed by atoms with E-state index in [1.807, 2.05) is 0 Å². The lowest BCUT2D eigenvalue weighted by atomic mass is 10.2. The van der Waals surface area contributed by atoms with Gasteiger partial charge < -0.3 is 10.4 Å². The third kappa shape index (κ3) is 3.53. The first-order valence-corrected chi connectivity index (χ1v) is 4.42. The molecule has 1 aromatic rings. The Balaban J connectivity index is 2.64. The molecule has 1 atom stereocenters. The monoisotopic (exact) mass is 215 g/mol. The summed E-state index contributed by atoms with van der Waals surface area (Å²) in [7, 11) is 0. The summed E-state index contributed by atoms with van der Waals surface area (Å²) in [4.78, 5) is 10.3. The first kappa shape index (κ1) is 11.4. The summed E-state index contributed by atoms with van der Waals surface area (Å²) >= 11 is 0. The lowest BCUT2D eigenvalue weighted by molar-refractivity contribution is -0.137. The molecule has 0 saturated heterocycles. The molecular weight excluding hydrogens is 204 g/mol. The van der Waals surface area contributed by atoms with Crippen molar-refractivity contribution in [3.8, 4) is 0 Å². The fourth-order valence-electron chi connectivity index (χ4n) is 1.18. The van der Waals surface area contributed by atoms with Gasteiger partial charge in [0, 0.05) is 17.8 Å². The molecule has 0 aromatic heterocycles. The summed E-state index contributed by atoms with van der Waals surface area (Å²) in [6.45, 7) is 1.65. The third-order valence-corrected chi connectivity index (χ3v) is 1.81. The van der Waals surface area contributed by atoms with Gasteiger partial charge in [0.05, 0.1) is 6.42 Å². The van der Waals surface area contributed by atoms with Crippen molar-refractivity contribution in [2.75, 3.05) is 5.32 Å². The molecule has 15 heavy (non-hydrogen) atoms. The Morgan fingerprint density at radius 1 is 1.47 bits per heavy atom. The van der Waals surface area contributed by atoms with Crippen LogP contribution in [0.3, 0.4) is 0 Å². The minimum atomic E-state index is -0.956. The van der Waals surface area contributed by atoms with E-state index in [2.05, 4.69) is 5.32 Å². The van der Waals surface area contributed by atoms with E-state index in [1.54, 1.807) is 6.92 Å². The van der Waals surface area contributed by atoms with Gasteiger partial charge in [0.1, 0.15) is 0 Å². The molecule has 0 aliphatic carbocycles. The van der Waals surface area contributed by atoms with E-state index in [4.69, 9.17) is 5.11 Å². The highest BCUT2D eigenvalue weighted by atomic mass is 19.2. The molecule has 0 spiro atoms. The number of carboxylic acid groups (broad SMARTS) is 1. The second kappa shape index (κ2) is 4.72. The number of aliphatic carboxylic acids is 1. The van der Waals surface area contributed by atoms with Gasteiger partial charge in [0.2, 0.25) is 0 Å². The van der Waals surface area contributed by atoms with E-state index >= 15 is 0 Å². The minimum Gasteiger partial charge on any atom is -0.481 e. The number of hydrogen-bond donors (Lipinski definition) is 2. The van der Waals surface area contributed by atoms with Crippen molar-refractivity contribution >= 4 is 11.7 Å². The van der Waals surface area contributed by atoms with E-state index in [-0.39, 0.29) is 12.5 Å². The summed E-state index contributed by atoms with van der Waals surface area (Å²) in [5.74, 6) is -2.83. The number of benzene rings is 1. The quantitative estimate of drug-likeness (QED) is 0.809. The highest BCUT2D eigenvalue weighted by Crippen LogP contribution is 2.14. The van der Waals surface area contributed by atoms with Crippen molar-refractivity contribution in [2.24, 2.45) is 0 Å². The van der Waals surface area contributed by atoms with E-state index < -0.39 is 17.6 Å². The van der Waals surface area contributed by atoms with Gasteiger partial charge in [0.15, 0.2) is 11.6 Å². The van der Waals surface area contributed by atoms with Crippen molar-refractivity contribution in [3.05, 3.63) is 29.8 Å². The zero-order valence-corrected chi connectivity index (χ0v) is 8.13. The number of nitrogens with one attached hydrogen (secondary N) is 1. The molecule has 0 bridgehead atoms. The predicted molar refractivity (Wildman–Crippen MR) is 51.7 cm³/mol. The van der Waals surface area contributed by atoms with Gasteiger partial charge in [-0.2, -0.15) is 0 Å². The van der Waals surface area contributed by atoms with Gasteiger partial charge in [-0.1, -0.05) is 0 Å². The van der Waals surface area contributed by atoms with E-state index in [1.165, 1.54) is 6.07 Å². The molecule has 0 heterocycles. The van der Waals surface area contributed by atoms with Gasteiger partial charge in [-0.25, -0.2) is 8.78 Å². The number of hydrogen-bond acceptors (Lipinski definition) is 2. The third-order valence-electron chi connectivity index (χ3n) is 1.81. The van der Waals surface area contributed by atoms with Gasteiger partial charge >= 0.3 is 5.97 Å². The van der Waals surface area contributed by atoms with Crippen LogP contribution in [0.25, 0.3) is 0 Å². The molecular formula is C10H11F2NO2. The number of halogens is 2. The second-order valence-corrected chi connectivity index (χ2v) is 3.27. The van der Waals surface area contributed by atoms with Crippen LogP contribution in [0.1, 0.15) is 13.3 Å². The number of carbonyl (C=O) groups is 1. The fraction of sp³-hybridized carbons (Fsp3) is 0.300. The van der Waals surface area contributed by atoms with Gasteiger partial charge in [-0.3, -0.25) is 4.79 Å². The summed E-state index contributed by atoms with van der Waals surface area (Å²) in [6.07, 6.45) is -0.0843. The van der Waals surface area contributed by atoms with Crippen LogP contribution < -0.4 is 5.32 Å². The normalized spacial score (nSPS) is 12.2. The molecule has 0 aliphatic rings. The van der Waals surface area contributed by atoms with Crippen molar-refractivity contribution in [1.29, 1.82) is 0 Å². The Morgan fingerprint density at radius 3 is 2.67 bits per heavy atom. The maximum atomic E-state index is 12.8. The molecule has 5 heteroatoms. The van der Waals surface area contributed by atoms with E-state index in [9.17, 15) is 13.6 Å². The van der Waals surface area contributed by atoms with Crippen molar-refractivity contribution in [2.45, 2.75) is 19.4 Å². The number of carboxylic acids is 1. The Bertz CT molecular complexity index is 368. The van der Waals surface area contributed by atoms with Crippen LogP contribution >= 0.6 is 0 Å². The number of rotatable bonds is 4. The molecule has 3 nitrogen and oxygen atoms in total. The SMILES string of the molecule is CC(CC(=O)O)Nc1ccc(F)c(F)c1. The van der Waals surface area contributed by atoms with Gasteiger partial charge in [-0.15, -0.1) is 0 Å². The molecule has 82 valence electrons. The van der Waals surface area contributed by atoms with Gasteiger partial charge in [-0.05, 0) is 19.1 Å². The molecule has 0 saturated carbocycles. The van der Waals surface area contributed by atoms with Crippen LogP contribution in [-0.2, 0) is 4.79 Å². The topological polar surface area (TPSA) is 49.3 Å². The maximum Gasteiger partial charge on any atom is 0.305 e. The molecule has 0 radical (unpaired) electrons. The van der Waals surface area contributed by atoms with Crippen LogP contribution in [0.15, 0.2) is 18.2 Å². The van der Waals surface area contributed by atoms with Crippen LogP contribution in [-0.4, -0.2) is 17.1 Å². The molecule has 1 unspecified atom stereocenters. The van der Waals surface area contributed by atoms with Crippen molar-refractivity contribution in [3.63, 3.8) is 0 Å². The first-order chi connectivity index (χ1) is 6.99.